The molecule has 0 aromatic heterocycles. The van der Waals surface area contributed by atoms with Crippen LogP contribution in [-0.2, 0) is 11.3 Å². The Balaban J connectivity index is 1.98. The number of carbonyl (C=O) groups is 1. The molecule has 9 heteroatoms. The number of halogens is 1. The number of nitro benzene ring substituents is 1. The third-order valence-electron chi connectivity index (χ3n) is 3.51. The molecule has 4 N–H and O–H groups in total. The average Bonchev–Trinajstić information content (AvgIpc) is 2.64. The van der Waals surface area contributed by atoms with E-state index in [0.717, 1.165) is 0 Å². The molecule has 138 valence electrons. The normalized spacial score (nSPS) is 10.2. The maximum atomic E-state index is 13.5. The van der Waals surface area contributed by atoms with Crippen molar-refractivity contribution in [3.63, 3.8) is 0 Å². The lowest BCUT2D eigenvalue weighted by Crippen LogP contribution is -2.29. The van der Waals surface area contributed by atoms with Gasteiger partial charge in [0.15, 0.2) is 0 Å². The summed E-state index contributed by atoms with van der Waals surface area (Å²) < 4.78 is 13.5. The van der Waals surface area contributed by atoms with Crippen molar-refractivity contribution < 1.29 is 19.2 Å². The number of aliphatic hydroxyl groups excluding tert-OH is 1. The lowest BCUT2D eigenvalue weighted by atomic mass is 10.2. The van der Waals surface area contributed by atoms with Gasteiger partial charge in [-0.3, -0.25) is 14.9 Å². The molecule has 0 atom stereocenters. The first kappa shape index (κ1) is 19.1. The molecule has 26 heavy (non-hydrogen) atoms. The molecule has 0 saturated heterocycles. The van der Waals surface area contributed by atoms with Gasteiger partial charge in [-0.1, -0.05) is 18.2 Å². The van der Waals surface area contributed by atoms with Crippen molar-refractivity contribution in [2.75, 3.05) is 30.3 Å². The minimum Gasteiger partial charge on any atom is -0.395 e. The Hall–Kier alpha value is -3.20. The Morgan fingerprint density at radius 2 is 1.92 bits per heavy atom. The van der Waals surface area contributed by atoms with Gasteiger partial charge in [-0.2, -0.15) is 0 Å². The summed E-state index contributed by atoms with van der Waals surface area (Å²) >= 11 is 0. The first-order chi connectivity index (χ1) is 12.5. The number of nitrogens with zero attached hydrogens (tertiary/aromatic N) is 1. The van der Waals surface area contributed by atoms with Crippen LogP contribution in [0.25, 0.3) is 0 Å². The second kappa shape index (κ2) is 9.33. The minimum absolute atomic E-state index is 0.0394. The van der Waals surface area contributed by atoms with Crippen molar-refractivity contribution in [2.45, 2.75) is 6.54 Å². The molecular weight excluding hydrogens is 343 g/mol. The third kappa shape index (κ3) is 5.42. The molecular formula is C17H19FN4O4. The highest BCUT2D eigenvalue weighted by atomic mass is 19.1. The van der Waals surface area contributed by atoms with Crippen molar-refractivity contribution in [1.82, 2.24) is 5.32 Å². The number of rotatable bonds is 9. The molecule has 0 aliphatic rings. The van der Waals surface area contributed by atoms with E-state index >= 15 is 0 Å². The number of nitro groups is 1. The second-order valence-electron chi connectivity index (χ2n) is 5.36. The second-order valence-corrected chi connectivity index (χ2v) is 5.36. The SMILES string of the molecule is O=C(CNc1cc([N+](=O)[O-])ccc1NCCO)NCc1ccccc1F. The summed E-state index contributed by atoms with van der Waals surface area (Å²) in [4.78, 5) is 22.3. The van der Waals surface area contributed by atoms with E-state index in [1.165, 1.54) is 24.3 Å². The van der Waals surface area contributed by atoms with Crippen LogP contribution in [0, 0.1) is 15.9 Å². The number of non-ortho nitro benzene ring substituents is 1. The van der Waals surface area contributed by atoms with Crippen LogP contribution in [0.3, 0.4) is 0 Å². The largest absolute Gasteiger partial charge is 0.395 e. The van der Waals surface area contributed by atoms with Gasteiger partial charge in [-0.25, -0.2) is 4.39 Å². The van der Waals surface area contributed by atoms with E-state index in [1.807, 2.05) is 0 Å². The van der Waals surface area contributed by atoms with Crippen LogP contribution in [-0.4, -0.2) is 35.6 Å². The molecule has 0 aliphatic carbocycles. The maximum absolute atomic E-state index is 13.5. The van der Waals surface area contributed by atoms with Crippen LogP contribution in [0.15, 0.2) is 42.5 Å². The van der Waals surface area contributed by atoms with Gasteiger partial charge in [0.05, 0.1) is 29.4 Å². The monoisotopic (exact) mass is 362 g/mol. The molecule has 0 spiro atoms. The van der Waals surface area contributed by atoms with Gasteiger partial charge in [-0.15, -0.1) is 0 Å². The van der Waals surface area contributed by atoms with Gasteiger partial charge < -0.3 is 21.1 Å². The molecule has 0 heterocycles. The first-order valence-electron chi connectivity index (χ1n) is 7.88. The zero-order valence-corrected chi connectivity index (χ0v) is 13.9. The Bertz CT molecular complexity index is 785. The zero-order chi connectivity index (χ0) is 18.9. The van der Waals surface area contributed by atoms with Gasteiger partial charge in [0, 0.05) is 30.8 Å². The highest BCUT2D eigenvalue weighted by Gasteiger charge is 2.12. The van der Waals surface area contributed by atoms with Crippen molar-refractivity contribution >= 4 is 23.0 Å². The number of nitrogens with one attached hydrogen (secondary N) is 3. The highest BCUT2D eigenvalue weighted by Crippen LogP contribution is 2.26. The molecule has 0 unspecified atom stereocenters. The van der Waals surface area contributed by atoms with E-state index in [4.69, 9.17) is 5.11 Å². The average molecular weight is 362 g/mol. The summed E-state index contributed by atoms with van der Waals surface area (Å²) in [7, 11) is 0. The Kier molecular flexibility index (Phi) is 6.86. The fraction of sp³-hybridized carbons (Fsp3) is 0.235. The van der Waals surface area contributed by atoms with Crippen LogP contribution < -0.4 is 16.0 Å². The summed E-state index contributed by atoms with van der Waals surface area (Å²) in [6.45, 7) is 0.0344. The molecule has 0 saturated carbocycles. The number of amides is 1. The van der Waals surface area contributed by atoms with Gasteiger partial charge in [0.25, 0.3) is 5.69 Å². The van der Waals surface area contributed by atoms with Gasteiger partial charge in [-0.05, 0) is 12.1 Å². The summed E-state index contributed by atoms with van der Waals surface area (Å²) in [5, 5.41) is 28.1. The minimum atomic E-state index is -0.542. The predicted molar refractivity (Wildman–Crippen MR) is 95.4 cm³/mol. The number of hydrogen-bond donors (Lipinski definition) is 4. The van der Waals surface area contributed by atoms with Crippen molar-refractivity contribution in [2.24, 2.45) is 0 Å². The van der Waals surface area contributed by atoms with Gasteiger partial charge in [0.2, 0.25) is 5.91 Å². The molecule has 8 nitrogen and oxygen atoms in total. The zero-order valence-electron chi connectivity index (χ0n) is 13.9. The topological polar surface area (TPSA) is 117 Å². The van der Waals surface area contributed by atoms with Crippen molar-refractivity contribution in [3.05, 3.63) is 64.0 Å². The fourth-order valence-electron chi connectivity index (χ4n) is 2.21. The Morgan fingerprint density at radius 1 is 1.15 bits per heavy atom. The number of benzene rings is 2. The van der Waals surface area contributed by atoms with Crippen LogP contribution in [0.1, 0.15) is 5.56 Å². The maximum Gasteiger partial charge on any atom is 0.271 e. The summed E-state index contributed by atoms with van der Waals surface area (Å²) in [5.74, 6) is -0.803. The van der Waals surface area contributed by atoms with Crippen LogP contribution >= 0.6 is 0 Å². The Morgan fingerprint density at radius 3 is 2.62 bits per heavy atom. The fourth-order valence-corrected chi connectivity index (χ4v) is 2.21. The highest BCUT2D eigenvalue weighted by molar-refractivity contribution is 5.83. The smallest absolute Gasteiger partial charge is 0.271 e. The molecule has 0 fully saturated rings. The molecule has 2 rings (SSSR count). The molecule has 0 bridgehead atoms. The molecule has 1 amide bonds. The summed E-state index contributed by atoms with van der Waals surface area (Å²) in [6.07, 6.45) is 0. The predicted octanol–water partition coefficient (Wildman–Crippen LogP) is 1.87. The molecule has 0 aliphatic heterocycles. The quantitative estimate of drug-likeness (QED) is 0.400. The summed E-state index contributed by atoms with van der Waals surface area (Å²) in [5.41, 5.74) is 1.11. The Labute approximate surface area is 149 Å². The molecule has 2 aromatic rings. The van der Waals surface area contributed by atoms with Crippen molar-refractivity contribution in [1.29, 1.82) is 0 Å². The lowest BCUT2D eigenvalue weighted by molar-refractivity contribution is -0.384. The van der Waals surface area contributed by atoms with Crippen molar-refractivity contribution in [3.8, 4) is 0 Å². The number of carbonyl (C=O) groups excluding carboxylic acids is 1. The summed E-state index contributed by atoms with van der Waals surface area (Å²) in [6, 6.07) is 10.2. The van der Waals surface area contributed by atoms with Gasteiger partial charge in [0.1, 0.15) is 5.82 Å². The van der Waals surface area contributed by atoms with E-state index in [9.17, 15) is 19.3 Å². The molecule has 2 aromatic carbocycles. The molecule has 0 radical (unpaired) electrons. The first-order valence-corrected chi connectivity index (χ1v) is 7.88. The van der Waals surface area contributed by atoms with Crippen LogP contribution in [0.2, 0.25) is 0 Å². The number of anilines is 2. The van der Waals surface area contributed by atoms with Gasteiger partial charge >= 0.3 is 0 Å². The lowest BCUT2D eigenvalue weighted by Gasteiger charge is -2.13. The van der Waals surface area contributed by atoms with Crippen LogP contribution in [0.4, 0.5) is 21.5 Å². The standard InChI is InChI=1S/C17H19FN4O4/c18-14-4-2-1-3-12(14)10-21-17(24)11-20-16-9-13(22(25)26)5-6-15(16)19-7-8-23/h1-6,9,19-20,23H,7-8,10-11H2,(H,21,24). The number of aliphatic hydroxyl groups is 1. The third-order valence-corrected chi connectivity index (χ3v) is 3.51. The van der Waals surface area contributed by atoms with E-state index in [1.54, 1.807) is 18.2 Å². The van der Waals surface area contributed by atoms with E-state index < -0.39 is 16.6 Å². The number of hydrogen-bond acceptors (Lipinski definition) is 6. The van der Waals surface area contributed by atoms with E-state index in [-0.39, 0.29) is 31.9 Å². The van der Waals surface area contributed by atoms with E-state index in [0.29, 0.717) is 16.9 Å². The van der Waals surface area contributed by atoms with Crippen LogP contribution in [0.5, 0.6) is 0 Å². The van der Waals surface area contributed by atoms with E-state index in [2.05, 4.69) is 16.0 Å².